The zero-order valence-corrected chi connectivity index (χ0v) is 11.1. The van der Waals surface area contributed by atoms with Gasteiger partial charge in [0.15, 0.2) is 0 Å². The summed E-state index contributed by atoms with van der Waals surface area (Å²) in [6, 6.07) is 20.6. The molecule has 0 amide bonds. The van der Waals surface area contributed by atoms with Crippen LogP contribution in [0, 0.1) is 0 Å². The molecule has 0 bridgehead atoms. The van der Waals surface area contributed by atoms with Crippen molar-refractivity contribution in [2.24, 2.45) is 4.99 Å². The van der Waals surface area contributed by atoms with Crippen LogP contribution in [0.4, 0.5) is 11.4 Å². The number of benzene rings is 2. The monoisotopic (exact) mass is 264 g/mol. The SMILES string of the molecule is C=CC1CN(c2ccccc2)C(=Nc2ccccc2)O1. The molecule has 3 nitrogen and oxygen atoms in total. The van der Waals surface area contributed by atoms with Crippen molar-refractivity contribution in [2.75, 3.05) is 11.4 Å². The van der Waals surface area contributed by atoms with Crippen molar-refractivity contribution in [1.29, 1.82) is 0 Å². The van der Waals surface area contributed by atoms with Gasteiger partial charge in [-0.2, -0.15) is 4.99 Å². The van der Waals surface area contributed by atoms with Crippen LogP contribution in [0.2, 0.25) is 0 Å². The minimum absolute atomic E-state index is 0.0299. The van der Waals surface area contributed by atoms with Gasteiger partial charge in [-0.1, -0.05) is 43.0 Å². The number of anilines is 1. The number of amidine groups is 1. The quantitative estimate of drug-likeness (QED) is 0.788. The van der Waals surface area contributed by atoms with Crippen molar-refractivity contribution >= 4 is 17.4 Å². The Morgan fingerprint density at radius 1 is 1.05 bits per heavy atom. The molecule has 1 heterocycles. The standard InChI is InChI=1S/C17H16N2O/c1-2-16-13-19(15-11-7-4-8-12-15)17(20-16)18-14-9-5-3-6-10-14/h2-12,16H,1,13H2. The van der Waals surface area contributed by atoms with Gasteiger partial charge in [-0.05, 0) is 30.3 Å². The van der Waals surface area contributed by atoms with Crippen LogP contribution in [0.25, 0.3) is 0 Å². The summed E-state index contributed by atoms with van der Waals surface area (Å²) in [6.07, 6.45) is 1.78. The first-order chi connectivity index (χ1) is 9.86. The molecule has 2 aromatic carbocycles. The molecule has 1 aliphatic rings. The number of rotatable bonds is 3. The van der Waals surface area contributed by atoms with Gasteiger partial charge in [0, 0.05) is 5.69 Å². The topological polar surface area (TPSA) is 24.8 Å². The van der Waals surface area contributed by atoms with E-state index in [4.69, 9.17) is 4.74 Å². The van der Waals surface area contributed by atoms with E-state index in [1.165, 1.54) is 0 Å². The number of ether oxygens (including phenoxy) is 1. The first kappa shape index (κ1) is 12.5. The highest BCUT2D eigenvalue weighted by Gasteiger charge is 2.28. The van der Waals surface area contributed by atoms with Crippen LogP contribution >= 0.6 is 0 Å². The molecule has 1 aliphatic heterocycles. The Kier molecular flexibility index (Phi) is 3.50. The Morgan fingerprint density at radius 3 is 2.35 bits per heavy atom. The fourth-order valence-corrected chi connectivity index (χ4v) is 2.14. The van der Waals surface area contributed by atoms with Crippen LogP contribution in [0.1, 0.15) is 0 Å². The molecule has 1 fully saturated rings. The van der Waals surface area contributed by atoms with Gasteiger partial charge in [0.2, 0.25) is 0 Å². The van der Waals surface area contributed by atoms with Crippen molar-refractivity contribution in [2.45, 2.75) is 6.10 Å². The van der Waals surface area contributed by atoms with Crippen LogP contribution in [0.5, 0.6) is 0 Å². The molecule has 0 aromatic heterocycles. The number of hydrogen-bond acceptors (Lipinski definition) is 2. The third kappa shape index (κ3) is 2.57. The normalized spacial score (nSPS) is 19.9. The van der Waals surface area contributed by atoms with E-state index in [9.17, 15) is 0 Å². The largest absolute Gasteiger partial charge is 0.455 e. The Balaban J connectivity index is 1.95. The van der Waals surface area contributed by atoms with E-state index in [0.717, 1.165) is 17.9 Å². The van der Waals surface area contributed by atoms with Gasteiger partial charge >= 0.3 is 0 Å². The number of hydrogen-bond donors (Lipinski definition) is 0. The maximum atomic E-state index is 5.84. The van der Waals surface area contributed by atoms with Crippen LogP contribution in [-0.2, 0) is 4.74 Å². The maximum Gasteiger partial charge on any atom is 0.297 e. The number of aliphatic imine (C=N–C) groups is 1. The fourth-order valence-electron chi connectivity index (χ4n) is 2.14. The predicted octanol–water partition coefficient (Wildman–Crippen LogP) is 3.77. The molecule has 2 aromatic rings. The highest BCUT2D eigenvalue weighted by atomic mass is 16.5. The van der Waals surface area contributed by atoms with Crippen LogP contribution < -0.4 is 4.90 Å². The third-order valence-electron chi connectivity index (χ3n) is 3.16. The Hall–Kier alpha value is -2.55. The second kappa shape index (κ2) is 5.61. The Labute approximate surface area is 118 Å². The zero-order valence-electron chi connectivity index (χ0n) is 11.1. The summed E-state index contributed by atoms with van der Waals surface area (Å²) in [4.78, 5) is 6.66. The van der Waals surface area contributed by atoms with Crippen molar-refractivity contribution in [3.8, 4) is 0 Å². The van der Waals surface area contributed by atoms with E-state index < -0.39 is 0 Å². The molecule has 0 spiro atoms. The molecule has 1 unspecified atom stereocenters. The lowest BCUT2D eigenvalue weighted by Gasteiger charge is -2.15. The average molecular weight is 264 g/mol. The summed E-state index contributed by atoms with van der Waals surface area (Å²) in [5.41, 5.74) is 1.96. The summed E-state index contributed by atoms with van der Waals surface area (Å²) in [6.45, 7) is 4.54. The molecule has 0 aliphatic carbocycles. The van der Waals surface area contributed by atoms with E-state index in [2.05, 4.69) is 28.6 Å². The second-order valence-electron chi connectivity index (χ2n) is 4.57. The molecule has 0 saturated carbocycles. The molecule has 100 valence electrons. The third-order valence-corrected chi connectivity index (χ3v) is 3.16. The molecule has 3 rings (SSSR count). The van der Waals surface area contributed by atoms with Crippen molar-refractivity contribution < 1.29 is 4.74 Å². The second-order valence-corrected chi connectivity index (χ2v) is 4.57. The Bertz CT molecular complexity index is 607. The van der Waals surface area contributed by atoms with Gasteiger partial charge in [0.05, 0.1) is 12.2 Å². The van der Waals surface area contributed by atoms with Crippen LogP contribution in [0.15, 0.2) is 78.3 Å². The average Bonchev–Trinajstić information content (AvgIpc) is 2.92. The summed E-state index contributed by atoms with van der Waals surface area (Å²) < 4.78 is 5.84. The number of para-hydroxylation sites is 2. The van der Waals surface area contributed by atoms with E-state index in [-0.39, 0.29) is 6.10 Å². The summed E-state index contributed by atoms with van der Waals surface area (Å²) in [7, 11) is 0. The minimum atomic E-state index is -0.0299. The molecule has 0 radical (unpaired) electrons. The van der Waals surface area contributed by atoms with E-state index in [1.54, 1.807) is 0 Å². The van der Waals surface area contributed by atoms with Gasteiger partial charge in [0.1, 0.15) is 6.10 Å². The molecule has 20 heavy (non-hydrogen) atoms. The predicted molar refractivity (Wildman–Crippen MR) is 82.4 cm³/mol. The fraction of sp³-hybridized carbons (Fsp3) is 0.118. The van der Waals surface area contributed by atoms with Gasteiger partial charge in [0.25, 0.3) is 6.02 Å². The first-order valence-corrected chi connectivity index (χ1v) is 6.62. The number of nitrogens with zero attached hydrogens (tertiary/aromatic N) is 2. The molecule has 0 N–H and O–H groups in total. The summed E-state index contributed by atoms with van der Waals surface area (Å²) in [5.74, 6) is 0. The van der Waals surface area contributed by atoms with Gasteiger partial charge in [-0.15, -0.1) is 0 Å². The van der Waals surface area contributed by atoms with Gasteiger partial charge < -0.3 is 4.74 Å². The van der Waals surface area contributed by atoms with Crippen LogP contribution in [0.3, 0.4) is 0 Å². The molecular weight excluding hydrogens is 248 g/mol. The van der Waals surface area contributed by atoms with E-state index in [1.807, 2.05) is 54.6 Å². The van der Waals surface area contributed by atoms with E-state index >= 15 is 0 Å². The van der Waals surface area contributed by atoms with Gasteiger partial charge in [-0.25, -0.2) is 0 Å². The lowest BCUT2D eigenvalue weighted by molar-refractivity contribution is 0.281. The van der Waals surface area contributed by atoms with Gasteiger partial charge in [-0.3, -0.25) is 4.90 Å². The Morgan fingerprint density at radius 2 is 1.70 bits per heavy atom. The molecule has 3 heteroatoms. The highest BCUT2D eigenvalue weighted by Crippen LogP contribution is 2.24. The zero-order chi connectivity index (χ0) is 13.8. The van der Waals surface area contributed by atoms with Crippen LogP contribution in [-0.4, -0.2) is 18.7 Å². The van der Waals surface area contributed by atoms with E-state index in [0.29, 0.717) is 6.02 Å². The molecule has 1 atom stereocenters. The lowest BCUT2D eigenvalue weighted by atomic mass is 10.3. The summed E-state index contributed by atoms with van der Waals surface area (Å²) in [5, 5.41) is 0. The van der Waals surface area contributed by atoms with Crippen molar-refractivity contribution in [3.63, 3.8) is 0 Å². The molecule has 1 saturated heterocycles. The summed E-state index contributed by atoms with van der Waals surface area (Å²) >= 11 is 0. The highest BCUT2D eigenvalue weighted by molar-refractivity contribution is 5.95. The maximum absolute atomic E-state index is 5.84. The minimum Gasteiger partial charge on any atom is -0.455 e. The lowest BCUT2D eigenvalue weighted by Crippen LogP contribution is -2.25. The van der Waals surface area contributed by atoms with Crippen molar-refractivity contribution in [3.05, 3.63) is 73.3 Å². The first-order valence-electron chi connectivity index (χ1n) is 6.62. The smallest absolute Gasteiger partial charge is 0.297 e. The van der Waals surface area contributed by atoms with Crippen molar-refractivity contribution in [1.82, 2.24) is 0 Å². The molecular formula is C17H16N2O.